The summed E-state index contributed by atoms with van der Waals surface area (Å²) in [5.41, 5.74) is 1.40. The monoisotopic (exact) mass is 232 g/mol. The van der Waals surface area contributed by atoms with Crippen LogP contribution in [0.4, 0.5) is 0 Å². The molecule has 0 radical (unpaired) electrons. The maximum Gasteiger partial charge on any atom is 0.171 e. The first-order valence-corrected chi connectivity index (χ1v) is 6.71. The summed E-state index contributed by atoms with van der Waals surface area (Å²) in [5, 5.41) is 0. The minimum Gasteiger partial charge on any atom is -0.347 e. The summed E-state index contributed by atoms with van der Waals surface area (Å²) in [4.78, 5) is 0. The Morgan fingerprint density at radius 3 is 2.59 bits per heavy atom. The normalized spacial score (nSPS) is 27.4. The molecule has 1 saturated heterocycles. The Labute approximate surface area is 103 Å². The van der Waals surface area contributed by atoms with E-state index in [2.05, 4.69) is 30.3 Å². The van der Waals surface area contributed by atoms with Gasteiger partial charge in [-0.05, 0) is 24.8 Å². The molecule has 0 amide bonds. The Kier molecular flexibility index (Phi) is 3.17. The lowest BCUT2D eigenvalue weighted by Crippen LogP contribution is -2.42. The van der Waals surface area contributed by atoms with E-state index in [0.29, 0.717) is 5.92 Å². The molecule has 0 bridgehead atoms. The molecule has 1 saturated carbocycles. The molecule has 2 heteroatoms. The molecular formula is C15H20O2. The van der Waals surface area contributed by atoms with Crippen molar-refractivity contribution in [1.29, 1.82) is 0 Å². The molecule has 1 atom stereocenters. The van der Waals surface area contributed by atoms with Crippen molar-refractivity contribution >= 4 is 0 Å². The predicted molar refractivity (Wildman–Crippen MR) is 66.7 cm³/mol. The third kappa shape index (κ3) is 2.24. The van der Waals surface area contributed by atoms with Crippen LogP contribution < -0.4 is 0 Å². The zero-order valence-corrected chi connectivity index (χ0v) is 10.2. The molecule has 0 aromatic heterocycles. The van der Waals surface area contributed by atoms with Gasteiger partial charge >= 0.3 is 0 Å². The molecule has 2 nitrogen and oxygen atoms in total. The summed E-state index contributed by atoms with van der Waals surface area (Å²) < 4.78 is 11.9. The standard InChI is InChI=1S/C15H20O2/c1-2-6-13(7-3-1)12-14-8-4-5-9-15(14)16-10-11-17-15/h1-3,6-7,14H,4-5,8-12H2/t14-/m0/s1. The Balaban J connectivity index is 1.76. The minimum absolute atomic E-state index is 0.256. The molecule has 17 heavy (non-hydrogen) atoms. The van der Waals surface area contributed by atoms with Gasteiger partial charge in [0.25, 0.3) is 0 Å². The molecular weight excluding hydrogens is 212 g/mol. The Hall–Kier alpha value is -0.860. The summed E-state index contributed by atoms with van der Waals surface area (Å²) in [5.74, 6) is 0.273. The number of ether oxygens (including phenoxy) is 2. The van der Waals surface area contributed by atoms with E-state index in [0.717, 1.165) is 26.1 Å². The van der Waals surface area contributed by atoms with Crippen molar-refractivity contribution in [3.05, 3.63) is 35.9 Å². The van der Waals surface area contributed by atoms with Gasteiger partial charge < -0.3 is 9.47 Å². The number of hydrogen-bond acceptors (Lipinski definition) is 2. The van der Waals surface area contributed by atoms with Crippen LogP contribution in [0.1, 0.15) is 31.2 Å². The van der Waals surface area contributed by atoms with E-state index in [-0.39, 0.29) is 5.79 Å². The van der Waals surface area contributed by atoms with Crippen molar-refractivity contribution in [3.8, 4) is 0 Å². The third-order valence-electron chi connectivity index (χ3n) is 4.05. The summed E-state index contributed by atoms with van der Waals surface area (Å²) in [6.45, 7) is 1.54. The van der Waals surface area contributed by atoms with E-state index in [1.165, 1.54) is 24.8 Å². The molecule has 2 aliphatic rings. The van der Waals surface area contributed by atoms with Crippen LogP contribution in [0.5, 0.6) is 0 Å². The maximum absolute atomic E-state index is 5.94. The second-order valence-electron chi connectivity index (χ2n) is 5.14. The van der Waals surface area contributed by atoms with Gasteiger partial charge in [0, 0.05) is 12.3 Å². The Bertz CT molecular complexity index is 354. The van der Waals surface area contributed by atoms with Crippen LogP contribution >= 0.6 is 0 Å². The molecule has 2 fully saturated rings. The van der Waals surface area contributed by atoms with Crippen LogP contribution in [-0.4, -0.2) is 19.0 Å². The molecule has 0 unspecified atom stereocenters. The van der Waals surface area contributed by atoms with Crippen molar-refractivity contribution < 1.29 is 9.47 Å². The topological polar surface area (TPSA) is 18.5 Å². The molecule has 1 aliphatic carbocycles. The fourth-order valence-electron chi connectivity index (χ4n) is 3.19. The summed E-state index contributed by atoms with van der Waals surface area (Å²) >= 11 is 0. The molecule has 1 spiro atoms. The molecule has 1 aromatic rings. The zero-order chi connectivity index (χ0) is 11.6. The van der Waals surface area contributed by atoms with E-state index >= 15 is 0 Å². The van der Waals surface area contributed by atoms with Gasteiger partial charge in [-0.25, -0.2) is 0 Å². The minimum atomic E-state index is -0.256. The molecule has 1 aromatic carbocycles. The average Bonchev–Trinajstić information content (AvgIpc) is 2.83. The number of rotatable bonds is 2. The Morgan fingerprint density at radius 2 is 1.82 bits per heavy atom. The van der Waals surface area contributed by atoms with Crippen LogP contribution in [0.2, 0.25) is 0 Å². The van der Waals surface area contributed by atoms with Gasteiger partial charge in [0.15, 0.2) is 5.79 Å². The summed E-state index contributed by atoms with van der Waals surface area (Å²) in [6.07, 6.45) is 5.94. The quantitative estimate of drug-likeness (QED) is 0.779. The second-order valence-corrected chi connectivity index (χ2v) is 5.14. The van der Waals surface area contributed by atoms with Crippen LogP contribution in [-0.2, 0) is 15.9 Å². The predicted octanol–water partition coefficient (Wildman–Crippen LogP) is 3.16. The van der Waals surface area contributed by atoms with Gasteiger partial charge in [-0.2, -0.15) is 0 Å². The second kappa shape index (κ2) is 4.79. The first-order valence-electron chi connectivity index (χ1n) is 6.71. The van der Waals surface area contributed by atoms with E-state index in [1.807, 2.05) is 0 Å². The van der Waals surface area contributed by atoms with Crippen LogP contribution in [0, 0.1) is 5.92 Å². The van der Waals surface area contributed by atoms with Gasteiger partial charge in [0.1, 0.15) is 0 Å². The van der Waals surface area contributed by atoms with E-state index < -0.39 is 0 Å². The van der Waals surface area contributed by atoms with Crippen molar-refractivity contribution in [1.82, 2.24) is 0 Å². The zero-order valence-electron chi connectivity index (χ0n) is 10.2. The van der Waals surface area contributed by atoms with Gasteiger partial charge in [-0.15, -0.1) is 0 Å². The highest BCUT2D eigenvalue weighted by molar-refractivity contribution is 5.16. The maximum atomic E-state index is 5.94. The largest absolute Gasteiger partial charge is 0.347 e. The molecule has 92 valence electrons. The van der Waals surface area contributed by atoms with Gasteiger partial charge in [0.05, 0.1) is 13.2 Å². The Morgan fingerprint density at radius 1 is 1.06 bits per heavy atom. The van der Waals surface area contributed by atoms with Crippen LogP contribution in [0.3, 0.4) is 0 Å². The first kappa shape index (κ1) is 11.2. The van der Waals surface area contributed by atoms with Crippen molar-refractivity contribution in [2.45, 2.75) is 37.9 Å². The SMILES string of the molecule is c1ccc(C[C@@H]2CCCCC23OCCO3)cc1. The number of hydrogen-bond donors (Lipinski definition) is 0. The molecule has 1 aliphatic heterocycles. The van der Waals surface area contributed by atoms with E-state index in [1.54, 1.807) is 0 Å². The van der Waals surface area contributed by atoms with Crippen molar-refractivity contribution in [3.63, 3.8) is 0 Å². The highest BCUT2D eigenvalue weighted by Crippen LogP contribution is 2.41. The third-order valence-corrected chi connectivity index (χ3v) is 4.05. The number of benzene rings is 1. The van der Waals surface area contributed by atoms with E-state index in [4.69, 9.17) is 9.47 Å². The first-order chi connectivity index (χ1) is 8.39. The highest BCUT2D eigenvalue weighted by Gasteiger charge is 2.45. The summed E-state index contributed by atoms with van der Waals surface area (Å²) in [6, 6.07) is 10.7. The smallest absolute Gasteiger partial charge is 0.171 e. The van der Waals surface area contributed by atoms with Crippen LogP contribution in [0.15, 0.2) is 30.3 Å². The lowest BCUT2D eigenvalue weighted by molar-refractivity contribution is -0.212. The van der Waals surface area contributed by atoms with E-state index in [9.17, 15) is 0 Å². The fraction of sp³-hybridized carbons (Fsp3) is 0.600. The lowest BCUT2D eigenvalue weighted by atomic mass is 9.79. The highest BCUT2D eigenvalue weighted by atomic mass is 16.7. The molecule has 0 N–H and O–H groups in total. The average molecular weight is 232 g/mol. The van der Waals surface area contributed by atoms with Crippen LogP contribution in [0.25, 0.3) is 0 Å². The fourth-order valence-corrected chi connectivity index (χ4v) is 3.19. The summed E-state index contributed by atoms with van der Waals surface area (Å²) in [7, 11) is 0. The van der Waals surface area contributed by atoms with Gasteiger partial charge in [-0.3, -0.25) is 0 Å². The van der Waals surface area contributed by atoms with Crippen molar-refractivity contribution in [2.24, 2.45) is 5.92 Å². The van der Waals surface area contributed by atoms with Gasteiger partial charge in [0.2, 0.25) is 0 Å². The molecule has 3 rings (SSSR count). The van der Waals surface area contributed by atoms with Gasteiger partial charge in [-0.1, -0.05) is 36.8 Å². The lowest BCUT2D eigenvalue weighted by Gasteiger charge is -2.39. The van der Waals surface area contributed by atoms with Crippen molar-refractivity contribution in [2.75, 3.05) is 13.2 Å². The molecule has 1 heterocycles.